The first-order valence-electron chi connectivity index (χ1n) is 26.1. The number of ether oxygens (including phenoxy) is 3. The van der Waals surface area contributed by atoms with Gasteiger partial charge in [-0.15, -0.1) is 0 Å². The number of nitrogens with one attached hydrogen (secondary N) is 6. The maximum atomic E-state index is 15.7. The van der Waals surface area contributed by atoms with E-state index in [0.29, 0.717) is 5.57 Å². The number of fused-ring (bicyclic) bond motifs is 13. The quantitative estimate of drug-likeness (QED) is 0.109. The Morgan fingerprint density at radius 1 is 0.588 bits per heavy atom. The van der Waals surface area contributed by atoms with E-state index < -0.39 is 159 Å². The average molecular weight is 1180 g/mol. The molecule has 0 spiro atoms. The van der Waals surface area contributed by atoms with Crippen LogP contribution in [0.4, 0.5) is 0 Å². The molecule has 0 saturated carbocycles. The number of aliphatic hydroxyl groups is 1. The van der Waals surface area contributed by atoms with E-state index in [1.807, 2.05) is 0 Å². The molecule has 1 aliphatic carbocycles. The lowest BCUT2D eigenvalue weighted by Crippen LogP contribution is -2.55. The van der Waals surface area contributed by atoms with Gasteiger partial charge in [0, 0.05) is 41.2 Å². The van der Waals surface area contributed by atoms with E-state index in [4.69, 9.17) is 31.5 Å². The molecule has 10 atom stereocenters. The summed E-state index contributed by atoms with van der Waals surface area (Å²) in [6.07, 6.45) is 1.70. The molecule has 6 aromatic carbocycles. The van der Waals surface area contributed by atoms with Crippen LogP contribution < -0.4 is 51.8 Å². The fraction of sp³-hybridized carbons (Fsp3) is 0.203. The van der Waals surface area contributed by atoms with Gasteiger partial charge in [0.05, 0.1) is 5.02 Å². The minimum absolute atomic E-state index is 0.148. The van der Waals surface area contributed by atoms with Crippen molar-refractivity contribution in [3.05, 3.63) is 159 Å². The molecule has 6 heterocycles. The Bertz CT molecular complexity index is 3930. The highest BCUT2D eigenvalue weighted by molar-refractivity contribution is 6.32. The van der Waals surface area contributed by atoms with E-state index in [1.54, 1.807) is 25.2 Å². The van der Waals surface area contributed by atoms with Crippen molar-refractivity contribution in [2.75, 3.05) is 0 Å². The number of benzene rings is 6. The van der Waals surface area contributed by atoms with E-state index in [0.717, 1.165) is 54.6 Å². The summed E-state index contributed by atoms with van der Waals surface area (Å²) in [6, 6.07) is 4.62. The summed E-state index contributed by atoms with van der Waals surface area (Å²) in [7, 11) is 0. The normalized spacial score (nSPS) is 24.6. The molecule has 0 radical (unpaired) electrons. The number of carbonyl (C=O) groups is 7. The molecule has 6 aliphatic heterocycles. The maximum absolute atomic E-state index is 15.7. The highest BCUT2D eigenvalue weighted by Crippen LogP contribution is 2.47. The number of phenols is 6. The van der Waals surface area contributed by atoms with E-state index in [9.17, 15) is 60.0 Å². The van der Waals surface area contributed by atoms with Gasteiger partial charge in [0.1, 0.15) is 83.0 Å². The monoisotopic (exact) mass is 1180 g/mol. The Labute approximate surface area is 484 Å². The molecular formula is C59H50ClN7O18. The molecule has 436 valence electrons. The van der Waals surface area contributed by atoms with E-state index >= 15 is 14.4 Å². The van der Waals surface area contributed by atoms with Gasteiger partial charge >= 0.3 is 5.97 Å². The van der Waals surface area contributed by atoms with Crippen LogP contribution in [0.2, 0.25) is 5.02 Å². The number of hydrogen-bond donors (Lipinski definition) is 15. The number of phenolic OH excluding ortho intramolecular Hbond substituents is 6. The summed E-state index contributed by atoms with van der Waals surface area (Å²) in [5.74, 6) is -14.7. The van der Waals surface area contributed by atoms with Gasteiger partial charge in [-0.3, -0.25) is 28.8 Å². The molecule has 26 heteroatoms. The summed E-state index contributed by atoms with van der Waals surface area (Å²) >= 11 is 6.82. The fourth-order valence-electron chi connectivity index (χ4n) is 10.7. The van der Waals surface area contributed by atoms with Crippen LogP contribution in [0, 0.1) is 5.92 Å². The molecule has 0 fully saturated rings. The number of rotatable bonds is 1. The number of carbonyl (C=O) groups excluding carboxylic acids is 6. The predicted molar refractivity (Wildman–Crippen MR) is 295 cm³/mol. The molecule has 7 aliphatic rings. The zero-order valence-electron chi connectivity index (χ0n) is 44.1. The van der Waals surface area contributed by atoms with Crippen molar-refractivity contribution in [2.24, 2.45) is 11.7 Å². The lowest BCUT2D eigenvalue weighted by Gasteiger charge is -2.31. The van der Waals surface area contributed by atoms with Crippen LogP contribution in [-0.2, 0) is 33.6 Å². The summed E-state index contributed by atoms with van der Waals surface area (Å²) in [6.45, 7) is 1.75. The summed E-state index contributed by atoms with van der Waals surface area (Å²) in [5, 5.41) is 105. The first-order valence-corrected chi connectivity index (χ1v) is 26.5. The second-order valence-electron chi connectivity index (χ2n) is 20.8. The SMILES string of the molecule is C[C@@H]1C=C2C=C[C@H]1Oc1cc3cc(c1O)Oc1ccc(cc1Cl)[C@@H](O)[C@@H]1NC(=O)[C@H](NC(=O)[C@@H]3NC(=O)[C@H]3NC(=O)[C@@H](C2)NC(=O)[C@H](N)c2ccc(O)c(c2)Oc2cc(O)cc3c2)c2ccc(O)c(c2)-c2c(O)cc(O)cc2[C@@H](C(=O)O)NC1=O. The number of nitrogens with two attached hydrogens (primary N) is 1. The van der Waals surface area contributed by atoms with Crippen LogP contribution in [0.25, 0.3) is 11.1 Å². The molecule has 0 aromatic heterocycles. The highest BCUT2D eigenvalue weighted by Gasteiger charge is 2.41. The minimum Gasteiger partial charge on any atom is -0.508 e. The Morgan fingerprint density at radius 3 is 1.94 bits per heavy atom. The number of halogens is 1. The highest BCUT2D eigenvalue weighted by atomic mass is 35.5. The van der Waals surface area contributed by atoms with Gasteiger partial charge in [-0.2, -0.15) is 0 Å². The number of carboxylic acid groups (broad SMARTS) is 1. The third-order valence-corrected chi connectivity index (χ3v) is 15.3. The van der Waals surface area contributed by atoms with E-state index in [2.05, 4.69) is 31.9 Å². The lowest BCUT2D eigenvalue weighted by atomic mass is 9.89. The van der Waals surface area contributed by atoms with Crippen molar-refractivity contribution in [1.29, 1.82) is 0 Å². The second kappa shape index (κ2) is 22.0. The first-order chi connectivity index (χ1) is 40.5. The third-order valence-electron chi connectivity index (χ3n) is 15.0. The van der Waals surface area contributed by atoms with Gasteiger partial charge in [0.2, 0.25) is 41.2 Å². The smallest absolute Gasteiger partial charge is 0.330 e. The van der Waals surface area contributed by atoms with Crippen molar-refractivity contribution in [2.45, 2.75) is 67.8 Å². The molecule has 0 saturated heterocycles. The van der Waals surface area contributed by atoms with Crippen molar-refractivity contribution >= 4 is 53.0 Å². The maximum Gasteiger partial charge on any atom is 0.330 e. The molecule has 85 heavy (non-hydrogen) atoms. The molecule has 13 rings (SSSR count). The van der Waals surface area contributed by atoms with Crippen LogP contribution in [0.1, 0.15) is 83.0 Å². The first kappa shape index (κ1) is 56.4. The molecule has 6 amide bonds. The van der Waals surface area contributed by atoms with Gasteiger partial charge in [0.15, 0.2) is 29.0 Å². The number of amides is 6. The van der Waals surface area contributed by atoms with Crippen molar-refractivity contribution in [3.8, 4) is 74.4 Å². The number of hydrogen-bond acceptors (Lipinski definition) is 18. The number of aliphatic hydroxyl groups excluding tert-OH is 1. The van der Waals surface area contributed by atoms with Gasteiger partial charge in [-0.05, 0) is 106 Å². The Kier molecular flexibility index (Phi) is 14.6. The molecule has 16 N–H and O–H groups in total. The van der Waals surface area contributed by atoms with Gasteiger partial charge in [-0.1, -0.05) is 48.9 Å². The summed E-state index contributed by atoms with van der Waals surface area (Å²) in [5.41, 5.74) is 4.83. The lowest BCUT2D eigenvalue weighted by molar-refractivity contribution is -0.143. The van der Waals surface area contributed by atoms with Gasteiger partial charge in [-0.25, -0.2) is 4.79 Å². The fourth-order valence-corrected chi connectivity index (χ4v) is 10.9. The largest absolute Gasteiger partial charge is 0.508 e. The number of aliphatic carboxylic acids is 1. The van der Waals surface area contributed by atoms with Crippen molar-refractivity contribution in [3.63, 3.8) is 0 Å². The summed E-state index contributed by atoms with van der Waals surface area (Å²) < 4.78 is 18.7. The van der Waals surface area contributed by atoms with Crippen LogP contribution in [0.15, 0.2) is 121 Å². The van der Waals surface area contributed by atoms with Gasteiger partial charge < -0.3 is 92.7 Å². The van der Waals surface area contributed by atoms with Crippen LogP contribution in [-0.4, -0.2) is 100 Å². The standard InChI is InChI=1S/C59H50ClN7O18/c1-22-10-23-2-8-39(22)84-42-17-28-18-43(52(42)74)85-40-9-5-26(15-34(40)60)51(73)50-58(80)66-49(59(81)82)33-20-30(69)21-38(72)44(33)32-14-25(4-6-36(32)70)46(55(77)67-50)64-57(79)48(28)65-56(78)47-27-12-29(68)19-31(13-27)83-41-16-24(3-7-37(41)71)45(61)54(76)62-35(11-23)53(75)63-47/h2-10,12-22,35,39,45-51,68-74H,11,61H2,1H3,(H,62,76)(H,63,75)(H,64,79)(H,65,78)(H,66,80)(H,67,77)(H,81,82)/t22-,35-,39-,45-,46-,47+,48-,49+,50+,51-/m1/s1. The minimum atomic E-state index is -2.18. The molecular weight excluding hydrogens is 1130 g/mol. The van der Waals surface area contributed by atoms with Gasteiger partial charge in [0.25, 0.3) is 0 Å². The van der Waals surface area contributed by atoms with Crippen LogP contribution in [0.3, 0.4) is 0 Å². The average Bonchev–Trinajstić information content (AvgIpc) is 3.62. The van der Waals surface area contributed by atoms with Crippen LogP contribution in [0.5, 0.6) is 63.2 Å². The predicted octanol–water partition coefficient (Wildman–Crippen LogP) is 4.27. The third kappa shape index (κ3) is 10.9. The number of allylic oxidation sites excluding steroid dienone is 1. The zero-order chi connectivity index (χ0) is 60.4. The van der Waals surface area contributed by atoms with E-state index in [-0.39, 0.29) is 62.3 Å². The second-order valence-corrected chi connectivity index (χ2v) is 21.2. The Hall–Kier alpha value is -10.5. The Morgan fingerprint density at radius 2 is 1.22 bits per heavy atom. The molecule has 25 nitrogen and oxygen atoms in total. The topological polar surface area (TPSA) is 407 Å². The zero-order valence-corrected chi connectivity index (χ0v) is 44.8. The molecule has 6 aromatic rings. The van der Waals surface area contributed by atoms with Crippen molar-refractivity contribution < 1.29 is 88.6 Å². The van der Waals surface area contributed by atoms with E-state index in [1.165, 1.54) is 42.5 Å². The molecule has 0 unspecified atom stereocenters. The Balaban J connectivity index is 1.14. The number of aromatic hydroxyl groups is 6. The van der Waals surface area contributed by atoms with Crippen LogP contribution >= 0.6 is 11.6 Å². The number of carboxylic acids is 1. The summed E-state index contributed by atoms with van der Waals surface area (Å²) in [4.78, 5) is 103. The van der Waals surface area contributed by atoms with Crippen molar-refractivity contribution in [1.82, 2.24) is 31.9 Å². The molecule has 17 bridgehead atoms.